The van der Waals surface area contributed by atoms with E-state index in [-0.39, 0.29) is 65.5 Å². The van der Waals surface area contributed by atoms with E-state index in [1.165, 1.54) is 32.1 Å². The second-order valence-corrected chi connectivity index (χ2v) is 8.57. The molecule has 0 aromatic carbocycles. The topological polar surface area (TPSA) is 159 Å². The van der Waals surface area contributed by atoms with Gasteiger partial charge in [-0.3, -0.25) is 14.1 Å². The van der Waals surface area contributed by atoms with Gasteiger partial charge in [-0.05, 0) is 13.3 Å². The number of aliphatic hydroxyl groups excluding tert-OH is 1. The molecule has 0 fully saturated rings. The summed E-state index contributed by atoms with van der Waals surface area (Å²) >= 11 is 0. The molecule has 0 heterocycles. The average molecular weight is 487 g/mol. The first-order valence-electron chi connectivity index (χ1n) is 10.0. The molecule has 0 saturated carbocycles. The standard InChI is InChI=1S/C18H34N2O8S.2Na.2H/c1-3-4-5-6-7-8-9-10-11-12-16(22)20-28-17(23)13-15(29(25,26)27)18(24)19-14(2)21;;;;/h14-15,21H,3-13H2,1-2H3,(H,19,24)(H,20,22)(H,25,26,27);;;;. The molecule has 174 valence electrons. The van der Waals surface area contributed by atoms with Crippen LogP contribution in [0.5, 0.6) is 0 Å². The van der Waals surface area contributed by atoms with Crippen molar-refractivity contribution in [1.82, 2.24) is 10.8 Å². The second kappa shape index (κ2) is 20.9. The van der Waals surface area contributed by atoms with Gasteiger partial charge in [0.1, 0.15) is 6.23 Å². The van der Waals surface area contributed by atoms with Crippen molar-refractivity contribution in [3.63, 3.8) is 0 Å². The molecule has 0 radical (unpaired) electrons. The molecule has 0 aliphatic heterocycles. The molecule has 2 atom stereocenters. The number of rotatable bonds is 15. The molecule has 0 aliphatic carbocycles. The van der Waals surface area contributed by atoms with Gasteiger partial charge in [0, 0.05) is 6.42 Å². The van der Waals surface area contributed by atoms with Gasteiger partial charge in [-0.2, -0.15) is 13.9 Å². The molecule has 31 heavy (non-hydrogen) atoms. The van der Waals surface area contributed by atoms with Crippen molar-refractivity contribution in [3.8, 4) is 0 Å². The summed E-state index contributed by atoms with van der Waals surface area (Å²) in [5, 5.41) is 8.76. The third kappa shape index (κ3) is 20.6. The summed E-state index contributed by atoms with van der Waals surface area (Å²) in [6.45, 7) is 3.33. The van der Waals surface area contributed by atoms with E-state index in [1.54, 1.807) is 0 Å². The molecule has 0 saturated heterocycles. The van der Waals surface area contributed by atoms with Gasteiger partial charge in [0.05, 0.1) is 6.42 Å². The Hall–Kier alpha value is 0.280. The number of hydrogen-bond donors (Lipinski definition) is 4. The van der Waals surface area contributed by atoms with Crippen LogP contribution in [0.25, 0.3) is 0 Å². The van der Waals surface area contributed by atoms with E-state index in [1.807, 2.05) is 10.8 Å². The molecule has 0 aromatic rings. The van der Waals surface area contributed by atoms with E-state index in [2.05, 4.69) is 11.8 Å². The van der Waals surface area contributed by atoms with E-state index in [4.69, 9.17) is 9.66 Å². The second-order valence-electron chi connectivity index (χ2n) is 6.97. The van der Waals surface area contributed by atoms with Crippen molar-refractivity contribution in [3.05, 3.63) is 0 Å². The number of aliphatic hydroxyl groups is 1. The fourth-order valence-electron chi connectivity index (χ4n) is 2.59. The third-order valence-corrected chi connectivity index (χ3v) is 5.24. The van der Waals surface area contributed by atoms with Crippen LogP contribution >= 0.6 is 0 Å². The molecule has 0 aromatic heterocycles. The van der Waals surface area contributed by atoms with E-state index in [9.17, 15) is 22.8 Å². The monoisotopic (exact) mass is 486 g/mol. The Kier molecular flexibility index (Phi) is 24.1. The van der Waals surface area contributed by atoms with Gasteiger partial charge in [0.25, 0.3) is 16.0 Å². The zero-order valence-electron chi connectivity index (χ0n) is 17.2. The molecular formula is C18H36N2Na2O8S. The van der Waals surface area contributed by atoms with Crippen molar-refractivity contribution in [2.24, 2.45) is 0 Å². The first-order valence-corrected chi connectivity index (χ1v) is 11.5. The van der Waals surface area contributed by atoms with Crippen LogP contribution in [0, 0.1) is 0 Å². The molecule has 0 aliphatic rings. The SMILES string of the molecule is CCCCCCCCCCCC(=O)NOC(=O)CC(C(=O)NC(C)O)S(=O)(=O)O.[NaH].[NaH]. The molecule has 0 rings (SSSR count). The summed E-state index contributed by atoms with van der Waals surface area (Å²) < 4.78 is 31.6. The molecular weight excluding hydrogens is 450 g/mol. The minimum atomic E-state index is -4.91. The van der Waals surface area contributed by atoms with Crippen molar-refractivity contribution in [1.29, 1.82) is 0 Å². The van der Waals surface area contributed by atoms with Gasteiger partial charge in [-0.15, -0.1) is 0 Å². The number of carbonyl (C=O) groups is 3. The summed E-state index contributed by atoms with van der Waals surface area (Å²) in [6, 6.07) is 0. The Morgan fingerprint density at radius 2 is 1.42 bits per heavy atom. The van der Waals surface area contributed by atoms with Crippen LogP contribution in [0.2, 0.25) is 0 Å². The molecule has 10 nitrogen and oxygen atoms in total. The number of carbonyl (C=O) groups excluding carboxylic acids is 3. The van der Waals surface area contributed by atoms with Crippen LogP contribution in [0.3, 0.4) is 0 Å². The van der Waals surface area contributed by atoms with Gasteiger partial charge < -0.3 is 15.3 Å². The van der Waals surface area contributed by atoms with Crippen LogP contribution in [-0.4, -0.2) is 106 Å². The van der Waals surface area contributed by atoms with Crippen molar-refractivity contribution in [2.45, 2.75) is 96.0 Å². The Balaban J connectivity index is -0.00000392. The maximum atomic E-state index is 11.7. The van der Waals surface area contributed by atoms with Gasteiger partial charge in [-0.1, -0.05) is 58.3 Å². The van der Waals surface area contributed by atoms with Crippen LogP contribution in [0.1, 0.15) is 84.5 Å². The number of unbranched alkanes of at least 4 members (excludes halogenated alkanes) is 8. The molecule has 2 amide bonds. The predicted molar refractivity (Wildman–Crippen MR) is 120 cm³/mol. The molecule has 0 bridgehead atoms. The van der Waals surface area contributed by atoms with Gasteiger partial charge in [0.2, 0.25) is 5.91 Å². The minimum absolute atomic E-state index is 0. The summed E-state index contributed by atoms with van der Waals surface area (Å²) in [6.07, 6.45) is 7.53. The molecule has 2 unspecified atom stereocenters. The van der Waals surface area contributed by atoms with Crippen molar-refractivity contribution >= 4 is 87.0 Å². The van der Waals surface area contributed by atoms with Gasteiger partial charge in [0.15, 0.2) is 5.25 Å². The molecule has 13 heteroatoms. The Morgan fingerprint density at radius 3 is 1.87 bits per heavy atom. The summed E-state index contributed by atoms with van der Waals surface area (Å²) in [5.41, 5.74) is 1.90. The van der Waals surface area contributed by atoms with E-state index in [0.29, 0.717) is 6.42 Å². The Labute approximate surface area is 229 Å². The van der Waals surface area contributed by atoms with E-state index >= 15 is 0 Å². The first-order chi connectivity index (χ1) is 13.6. The van der Waals surface area contributed by atoms with Crippen molar-refractivity contribution in [2.75, 3.05) is 0 Å². The van der Waals surface area contributed by atoms with E-state index in [0.717, 1.165) is 26.2 Å². The number of hydroxylamine groups is 1. The fraction of sp³-hybridized carbons (Fsp3) is 0.833. The van der Waals surface area contributed by atoms with Gasteiger partial charge in [-0.25, -0.2) is 4.79 Å². The Bertz CT molecular complexity index is 618. The predicted octanol–water partition coefficient (Wildman–Crippen LogP) is 0.286. The van der Waals surface area contributed by atoms with Crippen LogP contribution in [0.4, 0.5) is 0 Å². The zero-order valence-corrected chi connectivity index (χ0v) is 18.0. The van der Waals surface area contributed by atoms with Crippen LogP contribution < -0.4 is 10.8 Å². The number of nitrogens with one attached hydrogen (secondary N) is 2. The van der Waals surface area contributed by atoms with Gasteiger partial charge >= 0.3 is 65.1 Å². The summed E-state index contributed by atoms with van der Waals surface area (Å²) in [5.74, 6) is -3.02. The molecule has 0 spiro atoms. The average Bonchev–Trinajstić information content (AvgIpc) is 2.61. The summed E-state index contributed by atoms with van der Waals surface area (Å²) in [4.78, 5) is 39.4. The first kappa shape index (κ1) is 35.9. The maximum absolute atomic E-state index is 11.7. The van der Waals surface area contributed by atoms with E-state index < -0.39 is 45.8 Å². The Morgan fingerprint density at radius 1 is 0.935 bits per heavy atom. The van der Waals surface area contributed by atoms with Crippen LogP contribution in [-0.2, 0) is 29.3 Å². The van der Waals surface area contributed by atoms with Crippen LogP contribution in [0.15, 0.2) is 0 Å². The fourth-order valence-corrected chi connectivity index (χ4v) is 3.27. The third-order valence-electron chi connectivity index (χ3n) is 4.14. The molecule has 4 N–H and O–H groups in total. The number of hydrogen-bond acceptors (Lipinski definition) is 7. The quantitative estimate of drug-likeness (QED) is 0.0845. The summed E-state index contributed by atoms with van der Waals surface area (Å²) in [7, 11) is -4.91. The normalized spacial score (nSPS) is 12.5. The van der Waals surface area contributed by atoms with Crippen molar-refractivity contribution < 1.29 is 37.3 Å². The zero-order chi connectivity index (χ0) is 22.3. The number of amides is 2.